The maximum atomic E-state index is 13.6. The van der Waals surface area contributed by atoms with Gasteiger partial charge in [-0.25, -0.2) is 13.1 Å². The van der Waals surface area contributed by atoms with E-state index in [1.807, 2.05) is 85.1 Å². The molecule has 0 saturated carbocycles. The van der Waals surface area contributed by atoms with Gasteiger partial charge in [-0.05, 0) is 61.2 Å². The largest absolute Gasteiger partial charge is 0.272 e. The van der Waals surface area contributed by atoms with Crippen molar-refractivity contribution in [3.8, 4) is 5.69 Å². The number of halogens is 1. The van der Waals surface area contributed by atoms with Crippen LogP contribution in [-0.2, 0) is 22.2 Å². The van der Waals surface area contributed by atoms with Crippen molar-refractivity contribution in [2.45, 2.75) is 42.1 Å². The molecule has 204 valence electrons. The SMILES string of the molecule is Cc1ccc(S(=O)(=O)NC(Cc2ccccc2)c2nnc(SCc3ccccc3)n2-c2cc(Cl)ccc2C)cc1. The maximum absolute atomic E-state index is 13.6. The molecule has 5 rings (SSSR count). The van der Waals surface area contributed by atoms with Crippen LogP contribution in [0.4, 0.5) is 0 Å². The van der Waals surface area contributed by atoms with E-state index in [-0.39, 0.29) is 4.90 Å². The summed E-state index contributed by atoms with van der Waals surface area (Å²) in [5.74, 6) is 1.16. The summed E-state index contributed by atoms with van der Waals surface area (Å²) < 4.78 is 32.1. The minimum Gasteiger partial charge on any atom is -0.272 e. The molecule has 0 aliphatic heterocycles. The van der Waals surface area contributed by atoms with Crippen LogP contribution in [0.2, 0.25) is 5.02 Å². The maximum Gasteiger partial charge on any atom is 0.241 e. The monoisotopic (exact) mass is 588 g/mol. The zero-order chi connectivity index (χ0) is 28.1. The smallest absolute Gasteiger partial charge is 0.241 e. The van der Waals surface area contributed by atoms with E-state index in [9.17, 15) is 8.42 Å². The Labute approximate surface area is 244 Å². The van der Waals surface area contributed by atoms with Crippen LogP contribution in [0.15, 0.2) is 113 Å². The third-order valence-corrected chi connectivity index (χ3v) is 9.23. The van der Waals surface area contributed by atoms with E-state index >= 15 is 0 Å². The number of hydrogen-bond donors (Lipinski definition) is 1. The third kappa shape index (κ3) is 6.64. The molecule has 0 aliphatic rings. The molecule has 4 aromatic carbocycles. The van der Waals surface area contributed by atoms with E-state index in [1.165, 1.54) is 11.8 Å². The van der Waals surface area contributed by atoms with Gasteiger partial charge in [-0.1, -0.05) is 108 Å². The molecular formula is C31H29ClN4O2S2. The minimum atomic E-state index is -3.87. The molecule has 1 unspecified atom stereocenters. The Kier molecular flexibility index (Phi) is 8.71. The molecule has 40 heavy (non-hydrogen) atoms. The highest BCUT2D eigenvalue weighted by atomic mass is 35.5. The Balaban J connectivity index is 1.61. The van der Waals surface area contributed by atoms with Crippen LogP contribution in [0, 0.1) is 13.8 Å². The van der Waals surface area contributed by atoms with Crippen LogP contribution in [0.1, 0.15) is 34.1 Å². The number of aromatic nitrogens is 3. The number of thioether (sulfide) groups is 1. The summed E-state index contributed by atoms with van der Waals surface area (Å²) in [6.07, 6.45) is 0.382. The number of aryl methyl sites for hydroxylation is 2. The Morgan fingerprint density at radius 2 is 1.50 bits per heavy atom. The van der Waals surface area contributed by atoms with Gasteiger partial charge in [0.2, 0.25) is 10.0 Å². The Morgan fingerprint density at radius 1 is 0.850 bits per heavy atom. The molecular weight excluding hydrogens is 560 g/mol. The van der Waals surface area contributed by atoms with Gasteiger partial charge in [-0.15, -0.1) is 10.2 Å². The van der Waals surface area contributed by atoms with Crippen LogP contribution >= 0.6 is 23.4 Å². The molecule has 5 aromatic rings. The minimum absolute atomic E-state index is 0.194. The van der Waals surface area contributed by atoms with Crippen LogP contribution in [-0.4, -0.2) is 23.2 Å². The van der Waals surface area contributed by atoms with Crippen molar-refractivity contribution in [2.24, 2.45) is 0 Å². The van der Waals surface area contributed by atoms with Gasteiger partial charge in [-0.3, -0.25) is 4.57 Å². The molecule has 0 amide bonds. The zero-order valence-corrected chi connectivity index (χ0v) is 24.5. The molecule has 9 heteroatoms. The average Bonchev–Trinajstić information content (AvgIpc) is 3.38. The van der Waals surface area contributed by atoms with Gasteiger partial charge in [0, 0.05) is 10.8 Å². The fourth-order valence-corrected chi connectivity index (χ4v) is 6.65. The van der Waals surface area contributed by atoms with Gasteiger partial charge in [0.25, 0.3) is 0 Å². The van der Waals surface area contributed by atoms with Gasteiger partial charge in [0.15, 0.2) is 11.0 Å². The molecule has 0 aliphatic carbocycles. The van der Waals surface area contributed by atoms with Gasteiger partial charge < -0.3 is 0 Å². The fourth-order valence-electron chi connectivity index (χ4n) is 4.38. The Hall–Kier alpha value is -3.43. The van der Waals surface area contributed by atoms with Crippen LogP contribution in [0.5, 0.6) is 0 Å². The third-order valence-electron chi connectivity index (χ3n) is 6.50. The molecule has 0 bridgehead atoms. The topological polar surface area (TPSA) is 76.9 Å². The first-order valence-corrected chi connectivity index (χ1v) is 15.7. The number of benzene rings is 4. The van der Waals surface area contributed by atoms with Crippen molar-refractivity contribution in [2.75, 3.05) is 0 Å². The van der Waals surface area contributed by atoms with Crippen molar-refractivity contribution in [3.63, 3.8) is 0 Å². The van der Waals surface area contributed by atoms with Crippen molar-refractivity contribution in [3.05, 3.63) is 136 Å². The van der Waals surface area contributed by atoms with Crippen molar-refractivity contribution in [1.29, 1.82) is 0 Å². The molecule has 6 nitrogen and oxygen atoms in total. The highest BCUT2D eigenvalue weighted by molar-refractivity contribution is 7.98. The lowest BCUT2D eigenvalue weighted by molar-refractivity contribution is 0.537. The average molecular weight is 589 g/mol. The standard InChI is InChI=1S/C31H29ClN4O2S2/c1-22-13-17-27(18-14-22)40(37,38)35-28(19-24-9-5-3-6-10-24)30-33-34-31(39-21-25-11-7-4-8-12-25)36(30)29-20-26(32)16-15-23(29)2/h3-18,20,28,35H,19,21H2,1-2H3. The van der Waals surface area contributed by atoms with Gasteiger partial charge in [-0.2, -0.15) is 0 Å². The Bertz CT molecular complexity index is 1690. The molecule has 1 N–H and O–H groups in total. The van der Waals surface area contributed by atoms with Crippen molar-refractivity contribution >= 4 is 33.4 Å². The first-order valence-electron chi connectivity index (χ1n) is 12.8. The van der Waals surface area contributed by atoms with E-state index < -0.39 is 16.1 Å². The number of nitrogens with one attached hydrogen (secondary N) is 1. The molecule has 0 radical (unpaired) electrons. The predicted octanol–water partition coefficient (Wildman–Crippen LogP) is 7.09. The van der Waals surface area contributed by atoms with Gasteiger partial charge >= 0.3 is 0 Å². The van der Waals surface area contributed by atoms with Crippen LogP contribution in [0.3, 0.4) is 0 Å². The van der Waals surface area contributed by atoms with Crippen LogP contribution < -0.4 is 4.72 Å². The molecule has 1 aromatic heterocycles. The number of sulfonamides is 1. The second-order valence-electron chi connectivity index (χ2n) is 9.56. The van der Waals surface area contributed by atoms with Crippen molar-refractivity contribution < 1.29 is 8.42 Å². The van der Waals surface area contributed by atoms with E-state index in [4.69, 9.17) is 11.6 Å². The lowest BCUT2D eigenvalue weighted by Crippen LogP contribution is -2.32. The number of hydrogen-bond acceptors (Lipinski definition) is 5. The predicted molar refractivity (Wildman–Crippen MR) is 161 cm³/mol. The van der Waals surface area contributed by atoms with E-state index in [2.05, 4.69) is 27.1 Å². The molecule has 0 saturated heterocycles. The first kappa shape index (κ1) is 28.1. The molecule has 0 fully saturated rings. The summed E-state index contributed by atoms with van der Waals surface area (Å²) in [7, 11) is -3.87. The summed E-state index contributed by atoms with van der Waals surface area (Å²) in [6, 6.07) is 31.6. The van der Waals surface area contributed by atoms with E-state index in [0.29, 0.717) is 28.2 Å². The lowest BCUT2D eigenvalue weighted by atomic mass is 10.1. The molecule has 0 spiro atoms. The second-order valence-corrected chi connectivity index (χ2v) is 12.7. The highest BCUT2D eigenvalue weighted by Gasteiger charge is 2.29. The Morgan fingerprint density at radius 3 is 2.17 bits per heavy atom. The summed E-state index contributed by atoms with van der Waals surface area (Å²) >= 11 is 7.99. The van der Waals surface area contributed by atoms with Crippen molar-refractivity contribution in [1.82, 2.24) is 19.5 Å². The fraction of sp³-hybridized carbons (Fsp3) is 0.161. The number of rotatable bonds is 10. The first-order chi connectivity index (χ1) is 19.3. The van der Waals surface area contributed by atoms with Gasteiger partial charge in [0.05, 0.1) is 16.6 Å². The molecule has 1 atom stereocenters. The van der Waals surface area contributed by atoms with Gasteiger partial charge in [0.1, 0.15) is 0 Å². The highest BCUT2D eigenvalue weighted by Crippen LogP contribution is 2.32. The summed E-state index contributed by atoms with van der Waals surface area (Å²) in [6.45, 7) is 3.91. The summed E-state index contributed by atoms with van der Waals surface area (Å²) in [5.41, 5.74) is 4.86. The van der Waals surface area contributed by atoms with E-state index in [1.54, 1.807) is 24.3 Å². The summed E-state index contributed by atoms with van der Waals surface area (Å²) in [4.78, 5) is 0.194. The van der Waals surface area contributed by atoms with Crippen LogP contribution in [0.25, 0.3) is 5.69 Å². The summed E-state index contributed by atoms with van der Waals surface area (Å²) in [5, 5.41) is 10.4. The lowest BCUT2D eigenvalue weighted by Gasteiger charge is -2.21. The normalized spacial score (nSPS) is 12.4. The second kappa shape index (κ2) is 12.4. The number of nitrogens with zero attached hydrogens (tertiary/aromatic N) is 3. The zero-order valence-electron chi connectivity index (χ0n) is 22.2. The molecule has 1 heterocycles. The van der Waals surface area contributed by atoms with E-state index in [0.717, 1.165) is 27.9 Å². The quantitative estimate of drug-likeness (QED) is 0.176.